The van der Waals surface area contributed by atoms with Crippen molar-refractivity contribution in [2.24, 2.45) is 0 Å². The molecule has 3 amide bonds. The van der Waals surface area contributed by atoms with Crippen molar-refractivity contribution in [3.8, 4) is 6.07 Å². The molecule has 14 heteroatoms. The second-order valence-electron chi connectivity index (χ2n) is 10.7. The van der Waals surface area contributed by atoms with Crippen LogP contribution < -0.4 is 10.2 Å². The topological polar surface area (TPSA) is 140 Å². The molecule has 3 atom stereocenters. The zero-order chi connectivity index (χ0) is 32.9. The van der Waals surface area contributed by atoms with Crippen LogP contribution in [0.1, 0.15) is 56.3 Å². The lowest BCUT2D eigenvalue weighted by atomic mass is 9.91. The molecule has 45 heavy (non-hydrogen) atoms. The highest BCUT2D eigenvalue weighted by atomic mass is 35.5. The van der Waals surface area contributed by atoms with E-state index in [9.17, 15) is 37.9 Å². The van der Waals surface area contributed by atoms with Crippen LogP contribution in [0.25, 0.3) is 0 Å². The van der Waals surface area contributed by atoms with Gasteiger partial charge in [0, 0.05) is 47.8 Å². The number of aromatic nitrogens is 2. The largest absolute Gasteiger partial charge is 0.383 e. The second-order valence-corrected chi connectivity index (χ2v) is 11.1. The summed E-state index contributed by atoms with van der Waals surface area (Å²) < 4.78 is 41.2. The number of rotatable bonds is 9. The number of nitrogens with one attached hydrogen (secondary N) is 1. The van der Waals surface area contributed by atoms with Crippen LogP contribution in [-0.2, 0) is 14.4 Å². The van der Waals surface area contributed by atoms with Crippen molar-refractivity contribution in [1.29, 1.82) is 5.26 Å². The molecule has 1 aliphatic carbocycles. The van der Waals surface area contributed by atoms with Gasteiger partial charge in [-0.1, -0.05) is 42.5 Å². The summed E-state index contributed by atoms with van der Waals surface area (Å²) >= 11 is 6.53. The number of carbonyl (C=O) groups is 3. The fourth-order valence-electron chi connectivity index (χ4n) is 5.23. The summed E-state index contributed by atoms with van der Waals surface area (Å²) in [5.74, 6) is -6.32. The Morgan fingerprint density at radius 3 is 2.62 bits per heavy atom. The molecule has 10 nitrogen and oxygen atoms in total. The molecule has 1 aliphatic heterocycles. The summed E-state index contributed by atoms with van der Waals surface area (Å²) in [5, 5.41) is 22.7. The fraction of sp³-hybridized carbons (Fsp3) is 0.355. The minimum absolute atomic E-state index is 0.00693. The summed E-state index contributed by atoms with van der Waals surface area (Å²) in [6.07, 6.45) is 1.88. The Bertz CT molecular complexity index is 1580. The van der Waals surface area contributed by atoms with Gasteiger partial charge in [0.25, 0.3) is 11.8 Å². The Labute approximate surface area is 262 Å². The molecular formula is C31H30ClF3N6O4. The maximum atomic E-state index is 14.5. The van der Waals surface area contributed by atoms with Crippen molar-refractivity contribution in [2.75, 3.05) is 4.90 Å². The summed E-state index contributed by atoms with van der Waals surface area (Å²) in [6, 6.07) is 5.63. The molecule has 2 aromatic rings. The second kappa shape index (κ2) is 14.0. The monoisotopic (exact) mass is 642 g/mol. The van der Waals surface area contributed by atoms with Gasteiger partial charge in [-0.25, -0.2) is 23.1 Å². The molecule has 0 bridgehead atoms. The van der Waals surface area contributed by atoms with Gasteiger partial charge in [-0.2, -0.15) is 5.26 Å². The summed E-state index contributed by atoms with van der Waals surface area (Å²) in [5.41, 5.74) is -0.0744. The normalized spacial score (nSPS) is 21.0. The zero-order valence-corrected chi connectivity index (χ0v) is 24.9. The van der Waals surface area contributed by atoms with E-state index in [4.69, 9.17) is 11.6 Å². The maximum absolute atomic E-state index is 14.5. The van der Waals surface area contributed by atoms with E-state index in [0.29, 0.717) is 0 Å². The van der Waals surface area contributed by atoms with Crippen molar-refractivity contribution < 1.29 is 32.7 Å². The number of allylic oxidation sites excluding steroid dienone is 4. The van der Waals surface area contributed by atoms with Crippen LogP contribution in [-0.4, -0.2) is 61.8 Å². The highest BCUT2D eigenvalue weighted by Crippen LogP contribution is 2.36. The number of carbonyl (C=O) groups excluding carboxylic acids is 3. The van der Waals surface area contributed by atoms with Gasteiger partial charge in [0.2, 0.25) is 17.8 Å². The predicted molar refractivity (Wildman–Crippen MR) is 158 cm³/mol. The molecule has 2 fully saturated rings. The molecule has 1 saturated carbocycles. The SMILES string of the molecule is C=C(/C=C\C=C(/C)F)N(C(=O)[C@@H]1C[C@@H](O)C(=O)N1c1nccc(C#N)n1)[C@@H](C(=O)NC1CCC(F)(F)CC1)c1ccccc1Cl. The lowest BCUT2D eigenvalue weighted by Gasteiger charge is -2.37. The molecule has 4 rings (SSSR count). The van der Waals surface area contributed by atoms with Gasteiger partial charge in [-0.05, 0) is 44.1 Å². The molecule has 0 radical (unpaired) electrons. The maximum Gasteiger partial charge on any atom is 0.259 e. The third-order valence-corrected chi connectivity index (χ3v) is 7.81. The van der Waals surface area contributed by atoms with Gasteiger partial charge in [0.15, 0.2) is 0 Å². The Morgan fingerprint density at radius 1 is 1.29 bits per heavy atom. The molecular weight excluding hydrogens is 613 g/mol. The van der Waals surface area contributed by atoms with Crippen LogP contribution in [0.5, 0.6) is 0 Å². The van der Waals surface area contributed by atoms with E-state index in [2.05, 4.69) is 21.9 Å². The van der Waals surface area contributed by atoms with Crippen LogP contribution in [0.4, 0.5) is 19.1 Å². The first-order valence-corrected chi connectivity index (χ1v) is 14.4. The molecule has 1 aromatic carbocycles. The number of alkyl halides is 2. The van der Waals surface area contributed by atoms with Gasteiger partial charge in [0.1, 0.15) is 30.0 Å². The number of hydrogen-bond acceptors (Lipinski definition) is 7. The summed E-state index contributed by atoms with van der Waals surface area (Å²) in [4.78, 5) is 51.5. The van der Waals surface area contributed by atoms with Crippen LogP contribution in [0.15, 0.2) is 72.9 Å². The minimum Gasteiger partial charge on any atom is -0.383 e. The Morgan fingerprint density at radius 2 is 1.98 bits per heavy atom. The van der Waals surface area contributed by atoms with E-state index in [0.717, 1.165) is 15.9 Å². The number of hydrogen-bond donors (Lipinski definition) is 2. The number of anilines is 1. The molecule has 0 unspecified atom stereocenters. The number of aliphatic hydroxyl groups is 1. The molecule has 2 N–H and O–H groups in total. The number of benzene rings is 1. The fourth-order valence-corrected chi connectivity index (χ4v) is 5.47. The van der Waals surface area contributed by atoms with Crippen molar-refractivity contribution in [3.63, 3.8) is 0 Å². The van der Waals surface area contributed by atoms with Gasteiger partial charge < -0.3 is 10.4 Å². The lowest BCUT2D eigenvalue weighted by molar-refractivity contribution is -0.140. The van der Waals surface area contributed by atoms with Gasteiger partial charge in [-0.15, -0.1) is 0 Å². The highest BCUT2D eigenvalue weighted by Gasteiger charge is 2.49. The lowest BCUT2D eigenvalue weighted by Crippen LogP contribution is -2.52. The van der Waals surface area contributed by atoms with Crippen LogP contribution in [0, 0.1) is 11.3 Å². The van der Waals surface area contributed by atoms with Crippen molar-refractivity contribution in [1.82, 2.24) is 20.2 Å². The molecule has 1 aromatic heterocycles. The average molecular weight is 643 g/mol. The van der Waals surface area contributed by atoms with Crippen molar-refractivity contribution in [3.05, 3.63) is 89.1 Å². The number of aliphatic hydroxyl groups excluding tert-OH is 1. The van der Waals surface area contributed by atoms with E-state index in [1.54, 1.807) is 12.1 Å². The Kier molecular flexibility index (Phi) is 10.4. The third-order valence-electron chi connectivity index (χ3n) is 7.47. The first-order chi connectivity index (χ1) is 21.3. The summed E-state index contributed by atoms with van der Waals surface area (Å²) in [7, 11) is 0. The van der Waals surface area contributed by atoms with Crippen molar-refractivity contribution >= 4 is 35.3 Å². The van der Waals surface area contributed by atoms with Gasteiger partial charge >= 0.3 is 0 Å². The smallest absolute Gasteiger partial charge is 0.259 e. The van der Waals surface area contributed by atoms with Gasteiger partial charge in [0.05, 0.1) is 5.83 Å². The van der Waals surface area contributed by atoms with Crippen LogP contribution >= 0.6 is 11.6 Å². The minimum atomic E-state index is -2.85. The molecule has 2 heterocycles. The van der Waals surface area contributed by atoms with E-state index in [-0.39, 0.29) is 40.8 Å². The molecule has 1 saturated heterocycles. The molecule has 0 spiro atoms. The number of amides is 3. The average Bonchev–Trinajstić information content (AvgIpc) is 3.30. The standard InChI is InChI=1S/C31H30ClF3N6O4/c1-18(33)6-5-7-19(2)40(28(44)24-16-25(42)29(45)41(24)30-37-15-12-21(17-36)39-30)26(22-8-3-4-9-23(22)32)27(43)38-20-10-13-31(34,35)14-11-20/h3-9,12,15,20,24-26,42H,2,10-11,13-14,16H2,1H3,(H,38,43)/b7-5-,18-6+/t24-,25+,26+/m0/s1. The molecule has 236 valence electrons. The third kappa shape index (κ3) is 7.76. The number of halogens is 4. The van der Waals surface area contributed by atoms with E-state index in [1.165, 1.54) is 43.5 Å². The first kappa shape index (κ1) is 33.4. The van der Waals surface area contributed by atoms with E-state index < -0.39 is 73.0 Å². The van der Waals surface area contributed by atoms with E-state index in [1.807, 2.05) is 6.07 Å². The highest BCUT2D eigenvalue weighted by molar-refractivity contribution is 6.31. The number of nitriles is 1. The van der Waals surface area contributed by atoms with E-state index >= 15 is 0 Å². The summed E-state index contributed by atoms with van der Waals surface area (Å²) in [6.45, 7) is 5.13. The Balaban J connectivity index is 1.81. The predicted octanol–water partition coefficient (Wildman–Crippen LogP) is 4.68. The zero-order valence-electron chi connectivity index (χ0n) is 24.2. The van der Waals surface area contributed by atoms with Crippen LogP contribution in [0.3, 0.4) is 0 Å². The molecule has 2 aliphatic rings. The number of nitrogens with zero attached hydrogens (tertiary/aromatic N) is 5. The first-order valence-electron chi connectivity index (χ1n) is 14.0. The van der Waals surface area contributed by atoms with Crippen molar-refractivity contribution in [2.45, 2.75) is 69.2 Å². The quantitative estimate of drug-likeness (QED) is 0.379. The van der Waals surface area contributed by atoms with Gasteiger partial charge in [-0.3, -0.25) is 24.2 Å². The Hall–Kier alpha value is -4.54. The van der Waals surface area contributed by atoms with Crippen LogP contribution in [0.2, 0.25) is 5.02 Å².